The fraction of sp³-hybridized carbons (Fsp3) is 0.261. The summed E-state index contributed by atoms with van der Waals surface area (Å²) in [6.07, 6.45) is 0.761. The van der Waals surface area contributed by atoms with Crippen LogP contribution in [0.5, 0.6) is 5.88 Å². The largest absolute Gasteiger partial charge is 0.455 e. The zero-order valence-electron chi connectivity index (χ0n) is 18.0. The van der Waals surface area contributed by atoms with E-state index in [0.717, 1.165) is 37.4 Å². The minimum absolute atomic E-state index is 0.0790. The van der Waals surface area contributed by atoms with E-state index in [0.29, 0.717) is 15.7 Å². The summed E-state index contributed by atoms with van der Waals surface area (Å²) >= 11 is 12.5. The molecule has 3 N–H and O–H groups in total. The molecule has 1 atom stereocenters. The topological polar surface area (TPSA) is 103 Å². The number of nitrogens with zero attached hydrogens (tertiary/aromatic N) is 4. The van der Waals surface area contributed by atoms with E-state index >= 15 is 0 Å². The van der Waals surface area contributed by atoms with Crippen LogP contribution in [0.1, 0.15) is 22.1 Å². The maximum Gasteiger partial charge on any atom is 0.268 e. The number of halogens is 2. The van der Waals surface area contributed by atoms with E-state index in [1.807, 2.05) is 29.2 Å². The molecule has 2 aliphatic heterocycles. The molecule has 9 nitrogen and oxygen atoms in total. The zero-order valence-corrected chi connectivity index (χ0v) is 19.6. The Kier molecular flexibility index (Phi) is 6.53. The third-order valence-corrected chi connectivity index (χ3v) is 6.34. The summed E-state index contributed by atoms with van der Waals surface area (Å²) in [7, 11) is 0. The number of piperazine rings is 1. The number of anilines is 3. The van der Waals surface area contributed by atoms with Crippen molar-refractivity contribution in [2.75, 3.05) is 43.1 Å². The van der Waals surface area contributed by atoms with Crippen molar-refractivity contribution in [1.82, 2.24) is 20.2 Å². The van der Waals surface area contributed by atoms with Crippen molar-refractivity contribution in [3.05, 3.63) is 69.8 Å². The van der Waals surface area contributed by atoms with Gasteiger partial charge in [0.15, 0.2) is 6.73 Å². The van der Waals surface area contributed by atoms with Gasteiger partial charge in [0, 0.05) is 38.1 Å². The van der Waals surface area contributed by atoms with E-state index in [1.54, 1.807) is 18.2 Å². The van der Waals surface area contributed by atoms with Gasteiger partial charge in [-0.2, -0.15) is 4.98 Å². The van der Waals surface area contributed by atoms with Gasteiger partial charge >= 0.3 is 0 Å². The van der Waals surface area contributed by atoms with E-state index < -0.39 is 6.23 Å². The molecular formula is C23H22Cl2N6O3. The van der Waals surface area contributed by atoms with E-state index in [-0.39, 0.29) is 30.0 Å². The third-order valence-electron chi connectivity index (χ3n) is 5.73. The van der Waals surface area contributed by atoms with Gasteiger partial charge in [-0.1, -0.05) is 41.4 Å². The van der Waals surface area contributed by atoms with E-state index in [2.05, 4.69) is 20.6 Å². The summed E-state index contributed by atoms with van der Waals surface area (Å²) in [5.41, 5.74) is 2.14. The lowest BCUT2D eigenvalue weighted by atomic mass is 10.1. The van der Waals surface area contributed by atoms with Crippen LogP contribution in [-0.4, -0.2) is 58.8 Å². The van der Waals surface area contributed by atoms with Crippen molar-refractivity contribution in [2.24, 2.45) is 0 Å². The van der Waals surface area contributed by atoms with Crippen molar-refractivity contribution in [3.63, 3.8) is 0 Å². The summed E-state index contributed by atoms with van der Waals surface area (Å²) in [5.74, 6) is 0.105. The molecule has 0 radical (unpaired) electrons. The molecule has 0 bridgehead atoms. The highest BCUT2D eigenvalue weighted by Gasteiger charge is 2.31. The Labute approximate surface area is 206 Å². The Bertz CT molecular complexity index is 1180. The summed E-state index contributed by atoms with van der Waals surface area (Å²) in [4.78, 5) is 25.0. The molecule has 0 saturated carbocycles. The van der Waals surface area contributed by atoms with Crippen molar-refractivity contribution in [1.29, 1.82) is 0 Å². The molecule has 5 rings (SSSR count). The average molecular weight is 501 g/mol. The van der Waals surface area contributed by atoms with Crippen LogP contribution in [0.15, 0.2) is 48.7 Å². The number of amides is 1. The lowest BCUT2D eigenvalue weighted by Crippen LogP contribution is -2.45. The molecule has 0 spiro atoms. The van der Waals surface area contributed by atoms with Crippen LogP contribution < -0.4 is 20.3 Å². The monoisotopic (exact) mass is 500 g/mol. The van der Waals surface area contributed by atoms with Crippen LogP contribution in [0.4, 0.5) is 17.3 Å². The van der Waals surface area contributed by atoms with Crippen LogP contribution in [0.3, 0.4) is 0 Å². The van der Waals surface area contributed by atoms with Crippen LogP contribution >= 0.6 is 23.2 Å². The maximum absolute atomic E-state index is 13.0. The number of carbonyl (C=O) groups excluding carboxylic acids is 1. The van der Waals surface area contributed by atoms with Crippen LogP contribution in [0, 0.1) is 0 Å². The smallest absolute Gasteiger partial charge is 0.268 e. The standard InChI is InChI=1S/C23H22Cl2N6O3/c24-17-2-1-3-18(25)19(17)31-13-34-20-16(22(31)33)12-27-23(29-20)28-15-6-4-14(5-7-15)21(32)30-10-8-26-9-11-30/h1-7,12,21,26,32H,8-11,13H2,(H,27,28,29). The van der Waals surface area contributed by atoms with Gasteiger partial charge in [-0.25, -0.2) is 4.98 Å². The Balaban J connectivity index is 1.29. The SMILES string of the molecule is O=C1c2cnc(Nc3ccc(C(O)N4CCNCC4)cc3)nc2OCN1c1c(Cl)cccc1Cl. The molecule has 11 heteroatoms. The Hall–Kier alpha value is -2.95. The third kappa shape index (κ3) is 4.53. The molecule has 1 amide bonds. The van der Waals surface area contributed by atoms with E-state index in [1.165, 1.54) is 11.1 Å². The lowest BCUT2D eigenvalue weighted by Gasteiger charge is -2.31. The number of nitrogens with one attached hydrogen (secondary N) is 2. The second-order valence-corrected chi connectivity index (χ2v) is 8.71. The highest BCUT2D eigenvalue weighted by molar-refractivity contribution is 6.40. The minimum atomic E-state index is -0.648. The number of para-hydroxylation sites is 1. The molecule has 3 heterocycles. The van der Waals surface area contributed by atoms with Gasteiger partial charge in [0.05, 0.1) is 15.7 Å². The molecular weight excluding hydrogens is 479 g/mol. The molecule has 1 unspecified atom stereocenters. The predicted octanol–water partition coefficient (Wildman–Crippen LogP) is 3.42. The first kappa shape index (κ1) is 22.8. The number of carbonyl (C=O) groups is 1. The zero-order chi connectivity index (χ0) is 23.7. The van der Waals surface area contributed by atoms with Gasteiger partial charge in [0.25, 0.3) is 5.91 Å². The van der Waals surface area contributed by atoms with Gasteiger partial charge < -0.3 is 20.5 Å². The Morgan fingerprint density at radius 3 is 2.50 bits per heavy atom. The van der Waals surface area contributed by atoms with Crippen LogP contribution in [0.2, 0.25) is 10.0 Å². The molecule has 0 aliphatic carbocycles. The van der Waals surface area contributed by atoms with Crippen LogP contribution in [-0.2, 0) is 0 Å². The number of aromatic nitrogens is 2. The molecule has 2 aromatic carbocycles. The number of hydrogen-bond acceptors (Lipinski definition) is 8. The number of rotatable bonds is 5. The normalized spacial score (nSPS) is 17.1. The second kappa shape index (κ2) is 9.73. The predicted molar refractivity (Wildman–Crippen MR) is 130 cm³/mol. The minimum Gasteiger partial charge on any atom is -0.455 e. The lowest BCUT2D eigenvalue weighted by molar-refractivity contribution is -0.00544. The van der Waals surface area contributed by atoms with Gasteiger partial charge in [-0.3, -0.25) is 14.6 Å². The number of fused-ring (bicyclic) bond motifs is 1. The van der Waals surface area contributed by atoms with Gasteiger partial charge in [-0.05, 0) is 29.8 Å². The van der Waals surface area contributed by atoms with Crippen LogP contribution in [0.25, 0.3) is 0 Å². The summed E-state index contributed by atoms with van der Waals surface area (Å²) < 4.78 is 5.72. The molecule has 1 fully saturated rings. The number of aliphatic hydroxyl groups excluding tert-OH is 1. The average Bonchev–Trinajstić information content (AvgIpc) is 2.86. The Morgan fingerprint density at radius 2 is 1.79 bits per heavy atom. The fourth-order valence-electron chi connectivity index (χ4n) is 3.93. The fourth-order valence-corrected chi connectivity index (χ4v) is 4.53. The molecule has 2 aliphatic rings. The molecule has 1 aromatic heterocycles. The van der Waals surface area contributed by atoms with E-state index in [9.17, 15) is 9.90 Å². The van der Waals surface area contributed by atoms with Crippen molar-refractivity contribution in [2.45, 2.75) is 6.23 Å². The van der Waals surface area contributed by atoms with Crippen molar-refractivity contribution < 1.29 is 14.6 Å². The quantitative estimate of drug-likeness (QED) is 0.489. The Morgan fingerprint density at radius 1 is 1.09 bits per heavy atom. The number of aliphatic hydroxyl groups is 1. The van der Waals surface area contributed by atoms with E-state index in [4.69, 9.17) is 27.9 Å². The van der Waals surface area contributed by atoms with Crippen molar-refractivity contribution >= 4 is 46.4 Å². The maximum atomic E-state index is 13.0. The highest BCUT2D eigenvalue weighted by Crippen LogP contribution is 2.37. The van der Waals surface area contributed by atoms with Crippen molar-refractivity contribution in [3.8, 4) is 5.88 Å². The first-order valence-electron chi connectivity index (χ1n) is 10.8. The molecule has 34 heavy (non-hydrogen) atoms. The summed E-state index contributed by atoms with van der Waals surface area (Å²) in [6.45, 7) is 3.23. The van der Waals surface area contributed by atoms with Gasteiger partial charge in [0.1, 0.15) is 11.8 Å². The first-order chi connectivity index (χ1) is 16.5. The second-order valence-electron chi connectivity index (χ2n) is 7.90. The first-order valence-corrected chi connectivity index (χ1v) is 11.5. The number of ether oxygens (including phenoxy) is 1. The molecule has 3 aromatic rings. The molecule has 176 valence electrons. The number of hydrogen-bond donors (Lipinski definition) is 3. The van der Waals surface area contributed by atoms with Gasteiger partial charge in [0.2, 0.25) is 11.8 Å². The molecule has 1 saturated heterocycles. The summed E-state index contributed by atoms with van der Waals surface area (Å²) in [6, 6.07) is 12.4. The van der Waals surface area contributed by atoms with Gasteiger partial charge in [-0.15, -0.1) is 0 Å². The number of benzene rings is 2. The highest BCUT2D eigenvalue weighted by atomic mass is 35.5. The summed E-state index contributed by atoms with van der Waals surface area (Å²) in [5, 5.41) is 17.7.